The minimum absolute atomic E-state index is 0.0489. The van der Waals surface area contributed by atoms with E-state index in [-0.39, 0.29) is 21.7 Å². The number of carbonyl (C=O) groups is 2. The molecule has 1 atom stereocenters. The van der Waals surface area contributed by atoms with Gasteiger partial charge in [0.1, 0.15) is 0 Å². The highest BCUT2D eigenvalue weighted by Crippen LogP contribution is 2.40. The van der Waals surface area contributed by atoms with E-state index in [1.165, 1.54) is 24.3 Å². The largest absolute Gasteiger partial charge is 0.375 e. The van der Waals surface area contributed by atoms with E-state index >= 15 is 0 Å². The molecule has 3 aromatic rings. The number of fused-ring (bicyclic) bond motifs is 1. The van der Waals surface area contributed by atoms with Gasteiger partial charge in [-0.15, -0.1) is 0 Å². The minimum atomic E-state index is -3.94. The maximum absolute atomic E-state index is 13.1. The molecule has 0 bridgehead atoms. The van der Waals surface area contributed by atoms with Crippen LogP contribution in [0.3, 0.4) is 0 Å². The Kier molecular flexibility index (Phi) is 5.66. The molecule has 0 aliphatic carbocycles. The number of aryl methyl sites for hydroxylation is 1. The molecule has 1 amide bonds. The number of halogens is 1. The summed E-state index contributed by atoms with van der Waals surface area (Å²) in [4.78, 5) is 25.7. The molecule has 0 spiro atoms. The van der Waals surface area contributed by atoms with E-state index in [9.17, 15) is 23.1 Å². The van der Waals surface area contributed by atoms with Crippen LogP contribution < -0.4 is 10.0 Å². The third kappa shape index (κ3) is 4.06. The van der Waals surface area contributed by atoms with Gasteiger partial charge in [-0.2, -0.15) is 0 Å². The number of nitrogens with one attached hydrogen (secondary N) is 2. The summed E-state index contributed by atoms with van der Waals surface area (Å²) in [5.41, 5.74) is -0.346. The fourth-order valence-electron chi connectivity index (χ4n) is 3.56. The number of anilines is 2. The number of benzene rings is 3. The number of hydrogen-bond donors (Lipinski definition) is 3. The van der Waals surface area contributed by atoms with E-state index in [4.69, 9.17) is 0 Å². The molecule has 3 N–H and O–H groups in total. The third-order valence-electron chi connectivity index (χ3n) is 5.27. The normalized spacial score (nSPS) is 17.5. The van der Waals surface area contributed by atoms with Gasteiger partial charge in [-0.3, -0.25) is 14.3 Å². The smallest absolute Gasteiger partial charge is 0.261 e. The summed E-state index contributed by atoms with van der Waals surface area (Å²) in [7, 11) is -3.94. The lowest BCUT2D eigenvalue weighted by Gasteiger charge is -2.21. The molecule has 1 aliphatic rings. The van der Waals surface area contributed by atoms with Gasteiger partial charge in [0, 0.05) is 21.3 Å². The molecule has 0 aromatic heterocycles. The second kappa shape index (κ2) is 8.16. The van der Waals surface area contributed by atoms with Crippen molar-refractivity contribution in [3.8, 4) is 0 Å². The quantitative estimate of drug-likeness (QED) is 0.430. The van der Waals surface area contributed by atoms with Crippen molar-refractivity contribution in [2.75, 3.05) is 10.0 Å². The Balaban J connectivity index is 1.65. The van der Waals surface area contributed by atoms with Gasteiger partial charge in [0.05, 0.1) is 17.0 Å². The number of amides is 1. The number of rotatable bonds is 6. The van der Waals surface area contributed by atoms with Crippen LogP contribution in [-0.2, 0) is 20.4 Å². The lowest BCUT2D eigenvalue weighted by molar-refractivity contribution is -0.133. The highest BCUT2D eigenvalue weighted by molar-refractivity contribution is 9.10. The lowest BCUT2D eigenvalue weighted by atomic mass is 9.88. The first kappa shape index (κ1) is 22.2. The molecule has 7 nitrogen and oxygen atoms in total. The topological polar surface area (TPSA) is 113 Å². The Morgan fingerprint density at radius 3 is 2.50 bits per heavy atom. The summed E-state index contributed by atoms with van der Waals surface area (Å²) in [5, 5.41) is 13.7. The molecule has 9 heteroatoms. The van der Waals surface area contributed by atoms with E-state index in [2.05, 4.69) is 26.0 Å². The van der Waals surface area contributed by atoms with Gasteiger partial charge in [-0.1, -0.05) is 45.8 Å². The summed E-state index contributed by atoms with van der Waals surface area (Å²) in [6.45, 7) is 1.85. The average molecular weight is 515 g/mol. The van der Waals surface area contributed by atoms with E-state index in [0.717, 1.165) is 5.56 Å². The van der Waals surface area contributed by atoms with Gasteiger partial charge < -0.3 is 10.4 Å². The lowest BCUT2D eigenvalue weighted by Crippen LogP contribution is -2.36. The van der Waals surface area contributed by atoms with Crippen LogP contribution in [0.15, 0.2) is 76.1 Å². The highest BCUT2D eigenvalue weighted by atomic mass is 79.9. The Bertz CT molecular complexity index is 1340. The number of aliphatic hydroxyl groups is 1. The van der Waals surface area contributed by atoms with E-state index in [1.54, 1.807) is 42.5 Å². The highest BCUT2D eigenvalue weighted by Gasteiger charge is 2.47. The van der Waals surface area contributed by atoms with E-state index in [0.29, 0.717) is 10.2 Å². The van der Waals surface area contributed by atoms with Gasteiger partial charge in [-0.05, 0) is 49.4 Å². The fourth-order valence-corrected chi connectivity index (χ4v) is 5.00. The van der Waals surface area contributed by atoms with Crippen molar-refractivity contribution in [2.45, 2.75) is 23.8 Å². The first-order chi connectivity index (χ1) is 15.1. The van der Waals surface area contributed by atoms with Crippen LogP contribution in [0.1, 0.15) is 27.9 Å². The van der Waals surface area contributed by atoms with Crippen molar-refractivity contribution in [3.63, 3.8) is 0 Å². The van der Waals surface area contributed by atoms with Crippen LogP contribution in [0.2, 0.25) is 0 Å². The first-order valence-corrected chi connectivity index (χ1v) is 11.9. The van der Waals surface area contributed by atoms with Gasteiger partial charge >= 0.3 is 0 Å². The second-order valence-electron chi connectivity index (χ2n) is 7.57. The minimum Gasteiger partial charge on any atom is -0.375 e. The number of ketones is 1. The molecule has 4 rings (SSSR count). The number of Topliss-reactive ketones (excluding diaryl/α,β-unsaturated/α-hetero) is 1. The predicted molar refractivity (Wildman–Crippen MR) is 124 cm³/mol. The molecule has 1 aliphatic heterocycles. The van der Waals surface area contributed by atoms with Gasteiger partial charge in [0.2, 0.25) is 0 Å². The fraction of sp³-hybridized carbons (Fsp3) is 0.130. The van der Waals surface area contributed by atoms with Crippen LogP contribution in [0.5, 0.6) is 0 Å². The number of para-hydroxylation sites is 1. The zero-order valence-electron chi connectivity index (χ0n) is 16.9. The third-order valence-corrected chi connectivity index (χ3v) is 7.15. The van der Waals surface area contributed by atoms with Crippen LogP contribution >= 0.6 is 15.9 Å². The summed E-state index contributed by atoms with van der Waals surface area (Å²) >= 11 is 3.31. The number of carbonyl (C=O) groups excluding carboxylic acids is 2. The Morgan fingerprint density at radius 1 is 1.09 bits per heavy atom. The zero-order valence-corrected chi connectivity index (χ0v) is 19.3. The van der Waals surface area contributed by atoms with Gasteiger partial charge in [0.25, 0.3) is 15.9 Å². The molecule has 0 saturated carbocycles. The van der Waals surface area contributed by atoms with Crippen LogP contribution in [0.25, 0.3) is 0 Å². The van der Waals surface area contributed by atoms with Crippen LogP contribution in [0.4, 0.5) is 11.4 Å². The zero-order chi connectivity index (χ0) is 23.1. The van der Waals surface area contributed by atoms with Crippen molar-refractivity contribution in [3.05, 3.63) is 87.9 Å². The Labute approximate surface area is 193 Å². The van der Waals surface area contributed by atoms with Crippen molar-refractivity contribution in [2.24, 2.45) is 0 Å². The molecular formula is C23H19BrN2O5S. The van der Waals surface area contributed by atoms with Crippen molar-refractivity contribution in [1.82, 2.24) is 0 Å². The van der Waals surface area contributed by atoms with Gasteiger partial charge in [0.15, 0.2) is 11.4 Å². The Hall–Kier alpha value is -3.01. The molecule has 1 heterocycles. The van der Waals surface area contributed by atoms with Crippen molar-refractivity contribution in [1.29, 1.82) is 0 Å². The van der Waals surface area contributed by atoms with E-state index < -0.39 is 33.7 Å². The molecule has 0 radical (unpaired) electrons. The van der Waals surface area contributed by atoms with Gasteiger partial charge in [-0.25, -0.2) is 8.42 Å². The van der Waals surface area contributed by atoms with Crippen LogP contribution in [-0.4, -0.2) is 25.2 Å². The SMILES string of the molecule is Cc1ccc(S(=O)(=O)Nc2ccccc2C(=O)C[C@@]2(O)C(=O)Nc3ccc(Br)cc32)cc1. The molecule has 164 valence electrons. The summed E-state index contributed by atoms with van der Waals surface area (Å²) in [6, 6.07) is 17.3. The molecule has 0 unspecified atom stereocenters. The molecule has 0 fully saturated rings. The molecule has 3 aromatic carbocycles. The van der Waals surface area contributed by atoms with Crippen molar-refractivity contribution < 1.29 is 23.1 Å². The maximum Gasteiger partial charge on any atom is 0.261 e. The van der Waals surface area contributed by atoms with Crippen LogP contribution in [0, 0.1) is 6.92 Å². The number of hydrogen-bond acceptors (Lipinski definition) is 5. The predicted octanol–water partition coefficient (Wildman–Crippen LogP) is 3.97. The second-order valence-corrected chi connectivity index (χ2v) is 10.2. The molecule has 0 saturated heterocycles. The first-order valence-electron chi connectivity index (χ1n) is 9.66. The van der Waals surface area contributed by atoms with Crippen molar-refractivity contribution >= 4 is 49.0 Å². The Morgan fingerprint density at radius 2 is 1.78 bits per heavy atom. The average Bonchev–Trinajstić information content (AvgIpc) is 2.98. The summed E-state index contributed by atoms with van der Waals surface area (Å²) < 4.78 is 28.7. The number of sulfonamides is 1. The standard InChI is InChI=1S/C23H19BrN2O5S/c1-14-6-9-16(10-7-14)32(30,31)26-19-5-3-2-4-17(19)21(27)13-23(29)18-12-15(24)8-11-20(18)25-22(23)28/h2-12,26,29H,13H2,1H3,(H,25,28)/t23-/m0/s1. The summed E-state index contributed by atoms with van der Waals surface area (Å²) in [6.07, 6.45) is -0.550. The maximum atomic E-state index is 13.1. The summed E-state index contributed by atoms with van der Waals surface area (Å²) in [5.74, 6) is -1.30. The monoisotopic (exact) mass is 514 g/mol. The molecule has 32 heavy (non-hydrogen) atoms. The van der Waals surface area contributed by atoms with E-state index in [1.807, 2.05) is 6.92 Å². The molecular weight excluding hydrogens is 496 g/mol.